The van der Waals surface area contributed by atoms with Gasteiger partial charge in [0.2, 0.25) is 0 Å². The Morgan fingerprint density at radius 2 is 1.26 bits per heavy atom. The highest BCUT2D eigenvalue weighted by Gasteiger charge is 2.18. The zero-order chi connectivity index (χ0) is 14.7. The van der Waals surface area contributed by atoms with E-state index < -0.39 is 17.7 Å². The van der Waals surface area contributed by atoms with Crippen molar-refractivity contribution in [2.24, 2.45) is 0 Å². The first-order valence-electron chi connectivity index (χ1n) is 5.77. The third-order valence-corrected chi connectivity index (χ3v) is 1.89. The van der Waals surface area contributed by atoms with Gasteiger partial charge in [0.25, 0.3) is 0 Å². The first-order valence-corrected chi connectivity index (χ1v) is 5.77. The molecule has 0 fully saturated rings. The maximum absolute atomic E-state index is 10.8. The lowest BCUT2D eigenvalue weighted by Crippen LogP contribution is -2.31. The van der Waals surface area contributed by atoms with E-state index in [1.807, 2.05) is 0 Å². The summed E-state index contributed by atoms with van der Waals surface area (Å²) in [7, 11) is 0. The van der Waals surface area contributed by atoms with Crippen LogP contribution in [0.25, 0.3) is 0 Å². The summed E-state index contributed by atoms with van der Waals surface area (Å²) in [5.41, 5.74) is 0. The van der Waals surface area contributed by atoms with E-state index >= 15 is 0 Å². The van der Waals surface area contributed by atoms with E-state index in [2.05, 4.69) is 13.2 Å². The molecule has 0 N–H and O–H groups in total. The fraction of sp³-hybridized carbons (Fsp3) is 0.538. The van der Waals surface area contributed by atoms with Crippen LogP contribution in [0.3, 0.4) is 0 Å². The molecule has 6 heteroatoms. The molecule has 0 aliphatic carbocycles. The molecule has 0 rings (SSSR count). The normalized spacial score (nSPS) is 10.6. The van der Waals surface area contributed by atoms with E-state index in [4.69, 9.17) is 18.9 Å². The van der Waals surface area contributed by atoms with Crippen LogP contribution in [0, 0.1) is 0 Å². The average molecular weight is 272 g/mol. The summed E-state index contributed by atoms with van der Waals surface area (Å²) in [6.45, 7) is 10.6. The van der Waals surface area contributed by atoms with Gasteiger partial charge in [-0.05, 0) is 13.8 Å². The number of hydrogen-bond donors (Lipinski definition) is 0. The van der Waals surface area contributed by atoms with Crippen molar-refractivity contribution in [3.8, 4) is 0 Å². The van der Waals surface area contributed by atoms with Gasteiger partial charge in [-0.3, -0.25) is 0 Å². The van der Waals surface area contributed by atoms with Crippen molar-refractivity contribution in [3.05, 3.63) is 25.3 Å². The first-order chi connectivity index (χ1) is 8.91. The lowest BCUT2D eigenvalue weighted by molar-refractivity contribution is -0.222. The molecule has 0 aromatic rings. The molecule has 0 aliphatic rings. The minimum Gasteiger partial charge on any atom is -0.460 e. The van der Waals surface area contributed by atoms with E-state index in [1.165, 1.54) is 0 Å². The van der Waals surface area contributed by atoms with Crippen molar-refractivity contribution in [1.29, 1.82) is 0 Å². The zero-order valence-corrected chi connectivity index (χ0v) is 11.3. The van der Waals surface area contributed by atoms with Crippen molar-refractivity contribution in [2.75, 3.05) is 26.4 Å². The van der Waals surface area contributed by atoms with Gasteiger partial charge in [0, 0.05) is 12.2 Å². The van der Waals surface area contributed by atoms with Gasteiger partial charge in [-0.1, -0.05) is 13.2 Å². The zero-order valence-electron chi connectivity index (χ0n) is 11.3. The van der Waals surface area contributed by atoms with Gasteiger partial charge in [0.05, 0.1) is 13.2 Å². The fourth-order valence-corrected chi connectivity index (χ4v) is 1.02. The van der Waals surface area contributed by atoms with Crippen LogP contribution in [0.5, 0.6) is 0 Å². The van der Waals surface area contributed by atoms with Crippen molar-refractivity contribution in [2.45, 2.75) is 19.6 Å². The van der Waals surface area contributed by atoms with Crippen molar-refractivity contribution >= 4 is 11.9 Å². The van der Waals surface area contributed by atoms with Crippen LogP contribution >= 0.6 is 0 Å². The SMILES string of the molecule is C=CC(=O)OCCOC(C)(C)OCCOC(=O)C=C. The van der Waals surface area contributed by atoms with Crippen LogP contribution in [0.15, 0.2) is 25.3 Å². The Kier molecular flexibility index (Phi) is 8.48. The second-order valence-electron chi connectivity index (χ2n) is 3.84. The van der Waals surface area contributed by atoms with Crippen LogP contribution in [-0.2, 0) is 28.5 Å². The Balaban J connectivity index is 3.67. The molecule has 0 saturated carbocycles. The molecule has 0 aromatic carbocycles. The Labute approximate surface area is 113 Å². The van der Waals surface area contributed by atoms with Gasteiger partial charge >= 0.3 is 11.9 Å². The third-order valence-electron chi connectivity index (χ3n) is 1.89. The third kappa shape index (κ3) is 9.99. The maximum atomic E-state index is 10.8. The molecule has 0 spiro atoms. The number of ether oxygens (including phenoxy) is 4. The second kappa shape index (κ2) is 9.29. The monoisotopic (exact) mass is 272 g/mol. The van der Waals surface area contributed by atoms with E-state index in [1.54, 1.807) is 13.8 Å². The van der Waals surface area contributed by atoms with Crippen molar-refractivity contribution in [3.63, 3.8) is 0 Å². The smallest absolute Gasteiger partial charge is 0.330 e. The Morgan fingerprint density at radius 1 is 0.895 bits per heavy atom. The summed E-state index contributed by atoms with van der Waals surface area (Å²) < 4.78 is 20.2. The standard InChI is InChI=1S/C13H20O6/c1-5-11(14)16-7-9-18-13(3,4)19-10-8-17-12(15)6-2/h5-6H,1-2,7-10H2,3-4H3. The number of hydrogen-bond acceptors (Lipinski definition) is 6. The summed E-state index contributed by atoms with van der Waals surface area (Å²) in [6, 6.07) is 0. The Bertz CT molecular complexity index is 291. The van der Waals surface area contributed by atoms with Crippen molar-refractivity contribution in [1.82, 2.24) is 0 Å². The van der Waals surface area contributed by atoms with E-state index in [-0.39, 0.29) is 26.4 Å². The minimum absolute atomic E-state index is 0.114. The predicted octanol–water partition coefficient (Wildman–Crippen LogP) is 1.21. The number of rotatable bonds is 10. The van der Waals surface area contributed by atoms with Gasteiger partial charge in [-0.25, -0.2) is 9.59 Å². The lowest BCUT2D eigenvalue weighted by Gasteiger charge is -2.25. The molecule has 0 heterocycles. The summed E-state index contributed by atoms with van der Waals surface area (Å²) in [5.74, 6) is -1.86. The molecular weight excluding hydrogens is 252 g/mol. The molecule has 0 amide bonds. The van der Waals surface area contributed by atoms with Gasteiger partial charge in [-0.15, -0.1) is 0 Å². The molecule has 19 heavy (non-hydrogen) atoms. The molecular formula is C13H20O6. The van der Waals surface area contributed by atoms with Crippen molar-refractivity contribution < 1.29 is 28.5 Å². The van der Waals surface area contributed by atoms with E-state index in [0.29, 0.717) is 0 Å². The molecule has 6 nitrogen and oxygen atoms in total. The van der Waals surface area contributed by atoms with Crippen LogP contribution < -0.4 is 0 Å². The molecule has 0 saturated heterocycles. The molecule has 0 unspecified atom stereocenters. The van der Waals surface area contributed by atoms with Crippen LogP contribution in [-0.4, -0.2) is 44.2 Å². The van der Waals surface area contributed by atoms with E-state index in [9.17, 15) is 9.59 Å². The second-order valence-corrected chi connectivity index (χ2v) is 3.84. The summed E-state index contributed by atoms with van der Waals surface area (Å²) in [6.07, 6.45) is 2.16. The summed E-state index contributed by atoms with van der Waals surface area (Å²) in [4.78, 5) is 21.5. The van der Waals surface area contributed by atoms with Crippen LogP contribution in [0.1, 0.15) is 13.8 Å². The van der Waals surface area contributed by atoms with Crippen LogP contribution in [0.2, 0.25) is 0 Å². The quantitative estimate of drug-likeness (QED) is 0.258. The highest BCUT2D eigenvalue weighted by molar-refractivity contribution is 5.81. The summed E-state index contributed by atoms with van der Waals surface area (Å²) >= 11 is 0. The van der Waals surface area contributed by atoms with Crippen LogP contribution in [0.4, 0.5) is 0 Å². The van der Waals surface area contributed by atoms with Gasteiger partial charge in [-0.2, -0.15) is 0 Å². The average Bonchev–Trinajstić information content (AvgIpc) is 2.39. The summed E-state index contributed by atoms with van der Waals surface area (Å²) in [5, 5.41) is 0. The molecule has 0 aromatic heterocycles. The van der Waals surface area contributed by atoms with Gasteiger partial charge < -0.3 is 18.9 Å². The molecule has 108 valence electrons. The molecule has 0 radical (unpaired) electrons. The molecule has 0 atom stereocenters. The largest absolute Gasteiger partial charge is 0.460 e. The Hall–Kier alpha value is -1.66. The van der Waals surface area contributed by atoms with Gasteiger partial charge in [0.1, 0.15) is 13.2 Å². The maximum Gasteiger partial charge on any atom is 0.330 e. The fourth-order valence-electron chi connectivity index (χ4n) is 1.02. The highest BCUT2D eigenvalue weighted by atomic mass is 16.7. The molecule has 0 aliphatic heterocycles. The van der Waals surface area contributed by atoms with Gasteiger partial charge in [0.15, 0.2) is 5.79 Å². The number of carbonyl (C=O) groups excluding carboxylic acids is 2. The minimum atomic E-state index is -0.860. The number of esters is 2. The first kappa shape index (κ1) is 17.3. The number of carbonyl (C=O) groups is 2. The lowest BCUT2D eigenvalue weighted by atomic mass is 10.4. The molecule has 0 bridgehead atoms. The topological polar surface area (TPSA) is 71.1 Å². The Morgan fingerprint density at radius 3 is 1.58 bits per heavy atom. The predicted molar refractivity (Wildman–Crippen MR) is 68.3 cm³/mol. The van der Waals surface area contributed by atoms with E-state index in [0.717, 1.165) is 12.2 Å². The highest BCUT2D eigenvalue weighted by Crippen LogP contribution is 2.10.